The number of aliphatic hydroxyl groups is 2. The number of primary amides is 1. The fraction of sp³-hybridized carbons (Fsp3) is 0.528. The van der Waals surface area contributed by atoms with Crippen molar-refractivity contribution in [3.63, 3.8) is 0 Å². The standard InChI is InChI=1S/C36H54N10O10/c1-19(2)10-25(43-32(52)26(11-21-8-6-5-7-9-21)42-31(51)24(37)13-29(38)50)34(54)46-30(20(3)4)36(56)44-27(12-22-14-39-18-40-22)33(53)45-28(17-49)35(55)41-23(15-47)16-48/h5-9,14-15,18-20,23-28,30,48-49H,10-13,16-17,37H2,1-4H3,(H2,38,50)(H,39,40)(H,41,55)(H,42,51)(H,43,52)(H,44,56)(H,45,53)(H,46,54)/t23-,24+,25+,26+,27+,28+,30+/m1/s1. The van der Waals surface area contributed by atoms with Crippen LogP contribution in [0.15, 0.2) is 42.9 Å². The molecule has 0 bridgehead atoms. The minimum atomic E-state index is -1.56. The van der Waals surface area contributed by atoms with E-state index >= 15 is 0 Å². The molecule has 0 radical (unpaired) electrons. The van der Waals surface area contributed by atoms with Crippen LogP contribution in [0.4, 0.5) is 0 Å². The van der Waals surface area contributed by atoms with Gasteiger partial charge in [-0.25, -0.2) is 4.98 Å². The third-order valence-corrected chi connectivity index (χ3v) is 8.38. The van der Waals surface area contributed by atoms with Crippen LogP contribution in [0.5, 0.6) is 0 Å². The van der Waals surface area contributed by atoms with Crippen LogP contribution in [0, 0.1) is 11.8 Å². The second-order valence-corrected chi connectivity index (χ2v) is 14.0. The molecule has 308 valence electrons. The average Bonchev–Trinajstić information content (AvgIpc) is 3.66. The van der Waals surface area contributed by atoms with Gasteiger partial charge in [0.15, 0.2) is 0 Å². The molecule has 13 N–H and O–H groups in total. The molecule has 0 unspecified atom stereocenters. The molecule has 0 aliphatic rings. The highest BCUT2D eigenvalue weighted by Crippen LogP contribution is 2.11. The molecule has 0 aliphatic heterocycles. The zero-order valence-corrected chi connectivity index (χ0v) is 31.8. The number of imidazole rings is 1. The topological polar surface area (TPSA) is 330 Å². The molecule has 7 atom stereocenters. The molecule has 20 nitrogen and oxygen atoms in total. The molecule has 0 saturated heterocycles. The van der Waals surface area contributed by atoms with Crippen LogP contribution in [-0.4, -0.2) is 123 Å². The molecule has 2 aromatic rings. The molecule has 7 amide bonds. The number of nitrogens with one attached hydrogen (secondary N) is 7. The predicted octanol–water partition coefficient (Wildman–Crippen LogP) is -3.81. The molecule has 56 heavy (non-hydrogen) atoms. The Kier molecular flexibility index (Phi) is 19.3. The van der Waals surface area contributed by atoms with E-state index in [2.05, 4.69) is 41.9 Å². The number of rotatable bonds is 24. The zero-order valence-electron chi connectivity index (χ0n) is 31.8. The Bertz CT molecular complexity index is 1620. The molecule has 0 spiro atoms. The maximum absolute atomic E-state index is 13.9. The molecule has 20 heteroatoms. The summed E-state index contributed by atoms with van der Waals surface area (Å²) < 4.78 is 0. The van der Waals surface area contributed by atoms with Crippen LogP contribution >= 0.6 is 0 Å². The summed E-state index contributed by atoms with van der Waals surface area (Å²) in [5.74, 6) is -6.47. The number of H-pyrrole nitrogens is 1. The Morgan fingerprint density at radius 2 is 1.29 bits per heavy atom. The lowest BCUT2D eigenvalue weighted by atomic mass is 9.98. The van der Waals surface area contributed by atoms with Gasteiger partial charge in [0.05, 0.1) is 32.0 Å². The van der Waals surface area contributed by atoms with Crippen LogP contribution in [0.25, 0.3) is 0 Å². The first kappa shape index (κ1) is 46.4. The molecule has 1 aromatic heterocycles. The van der Waals surface area contributed by atoms with Gasteiger partial charge in [-0.15, -0.1) is 0 Å². The Hall–Kier alpha value is -5.73. The highest BCUT2D eigenvalue weighted by molar-refractivity contribution is 5.97. The smallest absolute Gasteiger partial charge is 0.245 e. The van der Waals surface area contributed by atoms with Gasteiger partial charge in [0, 0.05) is 24.7 Å². The van der Waals surface area contributed by atoms with Crippen LogP contribution < -0.4 is 43.4 Å². The predicted molar refractivity (Wildman–Crippen MR) is 200 cm³/mol. The van der Waals surface area contributed by atoms with Gasteiger partial charge in [0.2, 0.25) is 41.4 Å². The van der Waals surface area contributed by atoms with E-state index in [0.29, 0.717) is 11.3 Å². The lowest BCUT2D eigenvalue weighted by Crippen LogP contribution is -2.61. The quantitative estimate of drug-likeness (QED) is 0.0457. The lowest BCUT2D eigenvalue weighted by molar-refractivity contribution is -0.136. The number of hydrogen-bond donors (Lipinski definition) is 11. The van der Waals surface area contributed by atoms with Gasteiger partial charge in [0.1, 0.15) is 42.5 Å². The Morgan fingerprint density at radius 1 is 0.732 bits per heavy atom. The number of nitrogens with zero attached hydrogens (tertiary/aromatic N) is 1. The van der Waals surface area contributed by atoms with Gasteiger partial charge >= 0.3 is 0 Å². The van der Waals surface area contributed by atoms with E-state index in [9.17, 15) is 48.6 Å². The van der Waals surface area contributed by atoms with Crippen LogP contribution in [0.2, 0.25) is 0 Å². The summed E-state index contributed by atoms with van der Waals surface area (Å²) in [4.78, 5) is 110. The maximum Gasteiger partial charge on any atom is 0.245 e. The number of benzene rings is 1. The van der Waals surface area contributed by atoms with Crippen molar-refractivity contribution in [1.29, 1.82) is 0 Å². The number of amides is 7. The third-order valence-electron chi connectivity index (χ3n) is 8.38. The fourth-order valence-electron chi connectivity index (χ4n) is 5.37. The van der Waals surface area contributed by atoms with Crippen molar-refractivity contribution in [1.82, 2.24) is 41.9 Å². The van der Waals surface area contributed by atoms with Gasteiger partial charge in [-0.1, -0.05) is 58.0 Å². The highest BCUT2D eigenvalue weighted by atomic mass is 16.3. The van der Waals surface area contributed by atoms with Gasteiger partial charge in [-0.05, 0) is 23.8 Å². The molecule has 0 fully saturated rings. The molecular weight excluding hydrogens is 732 g/mol. The van der Waals surface area contributed by atoms with Gasteiger partial charge in [-0.3, -0.25) is 33.6 Å². The second kappa shape index (κ2) is 23.2. The van der Waals surface area contributed by atoms with Crippen LogP contribution in [0.1, 0.15) is 51.8 Å². The normalized spacial score (nSPS) is 14.9. The summed E-state index contributed by atoms with van der Waals surface area (Å²) in [7, 11) is 0. The number of carbonyl (C=O) groups is 8. The number of aromatic nitrogens is 2. The number of carbonyl (C=O) groups excluding carboxylic acids is 8. The summed E-state index contributed by atoms with van der Waals surface area (Å²) in [5.41, 5.74) is 12.1. The van der Waals surface area contributed by atoms with Crippen molar-refractivity contribution in [2.24, 2.45) is 23.3 Å². The van der Waals surface area contributed by atoms with Crippen molar-refractivity contribution in [3.05, 3.63) is 54.1 Å². The average molecular weight is 787 g/mol. The first-order valence-electron chi connectivity index (χ1n) is 18.0. The Morgan fingerprint density at radius 3 is 1.80 bits per heavy atom. The van der Waals surface area contributed by atoms with Gasteiger partial charge < -0.3 is 63.4 Å². The van der Waals surface area contributed by atoms with Gasteiger partial charge in [0.25, 0.3) is 0 Å². The molecule has 1 aromatic carbocycles. The van der Waals surface area contributed by atoms with E-state index in [-0.39, 0.29) is 31.5 Å². The van der Waals surface area contributed by atoms with Crippen molar-refractivity contribution in [2.75, 3.05) is 13.2 Å². The molecular formula is C36H54N10O10. The van der Waals surface area contributed by atoms with E-state index in [0.717, 1.165) is 0 Å². The van der Waals surface area contributed by atoms with E-state index in [1.807, 2.05) is 13.8 Å². The van der Waals surface area contributed by atoms with Crippen molar-refractivity contribution in [3.8, 4) is 0 Å². The zero-order chi connectivity index (χ0) is 41.9. The van der Waals surface area contributed by atoms with E-state index in [1.165, 1.54) is 12.5 Å². The Labute approximate surface area is 324 Å². The third kappa shape index (κ3) is 15.6. The van der Waals surface area contributed by atoms with Gasteiger partial charge in [-0.2, -0.15) is 0 Å². The molecule has 0 saturated carbocycles. The van der Waals surface area contributed by atoms with Crippen molar-refractivity contribution >= 4 is 47.6 Å². The van der Waals surface area contributed by atoms with Crippen LogP contribution in [-0.2, 0) is 51.2 Å². The second-order valence-electron chi connectivity index (χ2n) is 14.0. The summed E-state index contributed by atoms with van der Waals surface area (Å²) in [6.45, 7) is 5.30. The number of hydrogen-bond acceptors (Lipinski definition) is 12. The van der Waals surface area contributed by atoms with E-state index < -0.39 is 109 Å². The molecule has 2 rings (SSSR count). The van der Waals surface area contributed by atoms with Crippen molar-refractivity contribution < 1.29 is 48.6 Å². The summed E-state index contributed by atoms with van der Waals surface area (Å²) >= 11 is 0. The fourth-order valence-corrected chi connectivity index (χ4v) is 5.37. The first-order chi connectivity index (χ1) is 26.5. The largest absolute Gasteiger partial charge is 0.394 e. The van der Waals surface area contributed by atoms with E-state index in [4.69, 9.17) is 11.5 Å². The summed E-state index contributed by atoms with van der Waals surface area (Å²) in [6, 6.07) is -0.513. The SMILES string of the molecule is CC(C)C[C@H](NC(=O)[C@H](Cc1ccccc1)NC(=O)[C@@H](N)CC(N)=O)C(=O)N[C@H](C(=O)N[C@@H](Cc1cnc[nH]1)C(=O)N[C@@H](CO)C(=O)N[C@H](C=O)CO)C(C)C. The number of aliphatic hydroxyl groups excluding tert-OH is 2. The van der Waals surface area contributed by atoms with Crippen molar-refractivity contribution in [2.45, 2.75) is 95.7 Å². The van der Waals surface area contributed by atoms with Crippen LogP contribution in [0.3, 0.4) is 0 Å². The molecule has 1 heterocycles. The monoisotopic (exact) mass is 786 g/mol. The lowest BCUT2D eigenvalue weighted by Gasteiger charge is -2.29. The number of aldehydes is 1. The van der Waals surface area contributed by atoms with E-state index in [1.54, 1.807) is 44.2 Å². The number of aromatic amines is 1. The summed E-state index contributed by atoms with van der Waals surface area (Å²) in [6.07, 6.45) is 2.53. The maximum atomic E-state index is 13.9. The molecule has 0 aliphatic carbocycles. The summed E-state index contributed by atoms with van der Waals surface area (Å²) in [5, 5.41) is 34.0. The first-order valence-corrected chi connectivity index (χ1v) is 18.0. The minimum absolute atomic E-state index is 0.00638. The Balaban J connectivity index is 2.31. The number of nitrogens with two attached hydrogens (primary N) is 2. The minimum Gasteiger partial charge on any atom is -0.394 e. The highest BCUT2D eigenvalue weighted by Gasteiger charge is 2.35.